The summed E-state index contributed by atoms with van der Waals surface area (Å²) in [6.07, 6.45) is 2.64. The molecule has 1 aromatic rings. The first-order valence-corrected chi connectivity index (χ1v) is 9.44. The van der Waals surface area contributed by atoms with Crippen molar-refractivity contribution < 1.29 is 9.52 Å². The van der Waals surface area contributed by atoms with Crippen LogP contribution in [0.15, 0.2) is 21.5 Å². The number of nitrogens with zero attached hydrogens (tertiary/aromatic N) is 2. The van der Waals surface area contributed by atoms with Crippen molar-refractivity contribution in [3.63, 3.8) is 0 Å². The highest BCUT2D eigenvalue weighted by molar-refractivity contribution is 14.0. The number of furan rings is 1. The van der Waals surface area contributed by atoms with Gasteiger partial charge in [-0.15, -0.1) is 24.0 Å². The lowest BCUT2D eigenvalue weighted by atomic mass is 10.0. The Labute approximate surface area is 174 Å². The second-order valence-electron chi connectivity index (χ2n) is 7.35. The number of aliphatic imine (C=N–C) groups is 1. The molecule has 2 unspecified atom stereocenters. The molecule has 150 valence electrons. The summed E-state index contributed by atoms with van der Waals surface area (Å²) in [6.45, 7) is 13.2. The molecule has 1 aliphatic heterocycles. The number of hydrogen-bond donors (Lipinski definition) is 3. The van der Waals surface area contributed by atoms with Crippen LogP contribution >= 0.6 is 24.0 Å². The molecule has 2 atom stereocenters. The van der Waals surface area contributed by atoms with E-state index < -0.39 is 5.60 Å². The monoisotopic (exact) mass is 478 g/mol. The van der Waals surface area contributed by atoms with Crippen molar-refractivity contribution in [1.82, 2.24) is 15.5 Å². The van der Waals surface area contributed by atoms with Crippen LogP contribution in [0, 0.1) is 12.8 Å². The fourth-order valence-corrected chi connectivity index (χ4v) is 3.20. The summed E-state index contributed by atoms with van der Waals surface area (Å²) >= 11 is 0. The predicted octanol–water partition coefficient (Wildman–Crippen LogP) is 2.70. The number of aryl methyl sites for hydroxylation is 1. The van der Waals surface area contributed by atoms with E-state index in [1.165, 1.54) is 25.9 Å². The number of likely N-dealkylation sites (tertiary alicyclic amines) is 1. The minimum atomic E-state index is -1.11. The summed E-state index contributed by atoms with van der Waals surface area (Å²) < 4.78 is 5.54. The molecule has 0 amide bonds. The van der Waals surface area contributed by atoms with E-state index in [1.54, 1.807) is 6.92 Å². The molecule has 1 saturated heterocycles. The normalized spacial score (nSPS) is 21.0. The first-order chi connectivity index (χ1) is 11.9. The van der Waals surface area contributed by atoms with Gasteiger partial charge in [-0.05, 0) is 58.2 Å². The van der Waals surface area contributed by atoms with Crippen molar-refractivity contribution in [2.24, 2.45) is 10.9 Å². The second kappa shape index (κ2) is 11.1. The van der Waals surface area contributed by atoms with Crippen LogP contribution in [0.2, 0.25) is 0 Å². The predicted molar refractivity (Wildman–Crippen MR) is 117 cm³/mol. The van der Waals surface area contributed by atoms with Gasteiger partial charge in [0.2, 0.25) is 0 Å². The van der Waals surface area contributed by atoms with Gasteiger partial charge >= 0.3 is 0 Å². The molecule has 3 N–H and O–H groups in total. The van der Waals surface area contributed by atoms with E-state index in [4.69, 9.17) is 4.42 Å². The molecule has 2 heterocycles. The highest BCUT2D eigenvalue weighted by Gasteiger charge is 2.26. The average molecular weight is 478 g/mol. The Hall–Kier alpha value is -0.800. The zero-order valence-electron chi connectivity index (χ0n) is 16.5. The molecule has 0 saturated carbocycles. The largest absolute Gasteiger partial charge is 0.463 e. The molecule has 1 fully saturated rings. The van der Waals surface area contributed by atoms with Gasteiger partial charge in [0.25, 0.3) is 0 Å². The van der Waals surface area contributed by atoms with Gasteiger partial charge in [0.1, 0.15) is 17.1 Å². The van der Waals surface area contributed by atoms with Gasteiger partial charge in [0, 0.05) is 26.2 Å². The first kappa shape index (κ1) is 23.2. The van der Waals surface area contributed by atoms with Gasteiger partial charge in [-0.3, -0.25) is 0 Å². The van der Waals surface area contributed by atoms with E-state index in [1.807, 2.05) is 26.0 Å². The fourth-order valence-electron chi connectivity index (χ4n) is 3.20. The third-order valence-corrected chi connectivity index (χ3v) is 4.62. The van der Waals surface area contributed by atoms with Gasteiger partial charge in [0.05, 0.1) is 6.54 Å². The molecule has 1 aromatic heterocycles. The molecular formula is C19H35IN4O2. The smallest absolute Gasteiger partial charge is 0.191 e. The Balaban J connectivity index is 0.00000338. The lowest BCUT2D eigenvalue weighted by molar-refractivity contribution is 0.0428. The maximum Gasteiger partial charge on any atom is 0.191 e. The van der Waals surface area contributed by atoms with Crippen LogP contribution in [0.3, 0.4) is 0 Å². The summed E-state index contributed by atoms with van der Waals surface area (Å²) in [5.41, 5.74) is -1.11. The van der Waals surface area contributed by atoms with Crippen molar-refractivity contribution in [2.75, 3.05) is 39.3 Å². The second-order valence-corrected chi connectivity index (χ2v) is 7.35. The highest BCUT2D eigenvalue weighted by atomic mass is 127. The summed E-state index contributed by atoms with van der Waals surface area (Å²) in [6, 6.07) is 3.67. The Morgan fingerprint density at radius 1 is 1.42 bits per heavy atom. The van der Waals surface area contributed by atoms with Gasteiger partial charge in [-0.1, -0.05) is 6.92 Å². The zero-order chi connectivity index (χ0) is 18.3. The number of hydrogen-bond acceptors (Lipinski definition) is 4. The molecule has 26 heavy (non-hydrogen) atoms. The number of rotatable bonds is 7. The van der Waals surface area contributed by atoms with Crippen LogP contribution in [0.1, 0.15) is 45.1 Å². The van der Waals surface area contributed by atoms with E-state index >= 15 is 0 Å². The summed E-state index contributed by atoms with van der Waals surface area (Å²) in [5.74, 6) is 2.87. The molecule has 0 spiro atoms. The molecule has 0 radical (unpaired) electrons. The Morgan fingerprint density at radius 2 is 2.19 bits per heavy atom. The lowest BCUT2D eigenvalue weighted by Crippen LogP contribution is -2.44. The molecule has 0 aromatic carbocycles. The maximum absolute atomic E-state index is 10.6. The third kappa shape index (κ3) is 7.44. The quantitative estimate of drug-likeness (QED) is 0.320. The van der Waals surface area contributed by atoms with Crippen LogP contribution < -0.4 is 10.6 Å². The van der Waals surface area contributed by atoms with E-state index in [0.29, 0.717) is 5.76 Å². The van der Waals surface area contributed by atoms with E-state index in [-0.39, 0.29) is 30.5 Å². The summed E-state index contributed by atoms with van der Waals surface area (Å²) in [7, 11) is 0. The number of guanidine groups is 1. The molecule has 1 aliphatic rings. The molecule has 0 bridgehead atoms. The topological polar surface area (TPSA) is 73.0 Å². The van der Waals surface area contributed by atoms with Crippen molar-refractivity contribution >= 4 is 29.9 Å². The van der Waals surface area contributed by atoms with Crippen molar-refractivity contribution in [3.05, 3.63) is 23.7 Å². The van der Waals surface area contributed by atoms with E-state index in [9.17, 15) is 5.11 Å². The molecule has 2 rings (SSSR count). The summed E-state index contributed by atoms with van der Waals surface area (Å²) in [5, 5.41) is 17.2. The minimum Gasteiger partial charge on any atom is -0.463 e. The number of aliphatic hydroxyl groups is 1. The standard InChI is InChI=1S/C19H34N4O2.HI/c1-5-20-18(21-10-12-23-11-6-7-15(2)13-23)22-14-19(4,24)17-9-8-16(3)25-17;/h8-9,15,24H,5-7,10-14H2,1-4H3,(H2,20,21,22);1H. The Kier molecular flexibility index (Phi) is 9.95. The van der Waals surface area contributed by atoms with Crippen LogP contribution in [0.25, 0.3) is 0 Å². The minimum absolute atomic E-state index is 0. The molecule has 6 nitrogen and oxygen atoms in total. The lowest BCUT2D eigenvalue weighted by Gasteiger charge is -2.31. The van der Waals surface area contributed by atoms with Crippen LogP contribution in [-0.4, -0.2) is 55.2 Å². The third-order valence-electron chi connectivity index (χ3n) is 4.62. The van der Waals surface area contributed by atoms with Gasteiger partial charge < -0.3 is 25.1 Å². The van der Waals surface area contributed by atoms with Crippen molar-refractivity contribution in [1.29, 1.82) is 0 Å². The number of piperidine rings is 1. The zero-order valence-corrected chi connectivity index (χ0v) is 18.9. The van der Waals surface area contributed by atoms with Crippen LogP contribution in [-0.2, 0) is 5.60 Å². The average Bonchev–Trinajstić information content (AvgIpc) is 3.00. The van der Waals surface area contributed by atoms with Gasteiger partial charge in [-0.2, -0.15) is 0 Å². The maximum atomic E-state index is 10.6. The first-order valence-electron chi connectivity index (χ1n) is 9.44. The van der Waals surface area contributed by atoms with Gasteiger partial charge in [-0.25, -0.2) is 4.99 Å². The van der Waals surface area contributed by atoms with Crippen molar-refractivity contribution in [3.8, 4) is 0 Å². The van der Waals surface area contributed by atoms with Gasteiger partial charge in [0.15, 0.2) is 5.96 Å². The summed E-state index contributed by atoms with van der Waals surface area (Å²) in [4.78, 5) is 7.04. The molecule has 0 aliphatic carbocycles. The Bertz CT molecular complexity index is 559. The van der Waals surface area contributed by atoms with Crippen molar-refractivity contribution in [2.45, 2.75) is 46.1 Å². The molecular weight excluding hydrogens is 443 g/mol. The van der Waals surface area contributed by atoms with Crippen LogP contribution in [0.4, 0.5) is 0 Å². The highest BCUT2D eigenvalue weighted by Crippen LogP contribution is 2.23. The Morgan fingerprint density at radius 3 is 2.81 bits per heavy atom. The van der Waals surface area contributed by atoms with E-state index in [0.717, 1.165) is 37.3 Å². The SMILES string of the molecule is CCNC(=NCC(C)(O)c1ccc(C)o1)NCCN1CCCC(C)C1.I. The number of nitrogens with one attached hydrogen (secondary N) is 2. The van der Waals surface area contributed by atoms with E-state index in [2.05, 4.69) is 27.4 Å². The van der Waals surface area contributed by atoms with Crippen LogP contribution in [0.5, 0.6) is 0 Å². The fraction of sp³-hybridized carbons (Fsp3) is 0.737. The molecule has 7 heteroatoms. The number of halogens is 1.